The molecular formula is C20H22N2O3. The third-order valence-corrected chi connectivity index (χ3v) is 4.93. The van der Waals surface area contributed by atoms with Gasteiger partial charge in [0.05, 0.1) is 18.7 Å². The van der Waals surface area contributed by atoms with E-state index in [4.69, 9.17) is 9.15 Å². The molecule has 1 saturated heterocycles. The third kappa shape index (κ3) is 3.20. The second-order valence-electron chi connectivity index (χ2n) is 6.58. The van der Waals surface area contributed by atoms with E-state index in [-0.39, 0.29) is 11.8 Å². The van der Waals surface area contributed by atoms with E-state index in [0.29, 0.717) is 5.58 Å². The maximum atomic E-state index is 12.3. The summed E-state index contributed by atoms with van der Waals surface area (Å²) in [5, 5.41) is 0. The Bertz CT molecular complexity index is 911. The van der Waals surface area contributed by atoms with E-state index in [9.17, 15) is 4.79 Å². The summed E-state index contributed by atoms with van der Waals surface area (Å²) in [6, 6.07) is 16.0. The van der Waals surface area contributed by atoms with Crippen molar-refractivity contribution in [1.82, 2.24) is 9.47 Å². The average molecular weight is 338 g/mol. The molecule has 2 aromatic carbocycles. The molecule has 0 saturated carbocycles. The first-order valence-corrected chi connectivity index (χ1v) is 8.70. The molecule has 5 nitrogen and oxygen atoms in total. The number of methoxy groups -OCH3 is 1. The summed E-state index contributed by atoms with van der Waals surface area (Å²) in [6.07, 6.45) is 2.08. The lowest BCUT2D eigenvalue weighted by atomic mass is 10.0. The van der Waals surface area contributed by atoms with Crippen LogP contribution in [0.15, 0.2) is 57.7 Å². The highest BCUT2D eigenvalue weighted by molar-refractivity contribution is 5.72. The molecule has 1 aliphatic heterocycles. The molecule has 1 aliphatic rings. The molecule has 0 N–H and O–H groups in total. The van der Waals surface area contributed by atoms with E-state index < -0.39 is 0 Å². The molecular weight excluding hydrogens is 316 g/mol. The molecule has 1 atom stereocenters. The lowest BCUT2D eigenvalue weighted by Gasteiger charge is -2.33. The van der Waals surface area contributed by atoms with Gasteiger partial charge < -0.3 is 9.15 Å². The molecule has 130 valence electrons. The van der Waals surface area contributed by atoms with Crippen molar-refractivity contribution in [3.8, 4) is 5.75 Å². The Morgan fingerprint density at radius 2 is 1.96 bits per heavy atom. The van der Waals surface area contributed by atoms with Gasteiger partial charge in [-0.25, -0.2) is 4.79 Å². The number of hydrogen-bond acceptors (Lipinski definition) is 4. The van der Waals surface area contributed by atoms with Gasteiger partial charge in [0.15, 0.2) is 5.58 Å². The Morgan fingerprint density at radius 1 is 1.16 bits per heavy atom. The van der Waals surface area contributed by atoms with Crippen molar-refractivity contribution < 1.29 is 9.15 Å². The number of para-hydroxylation sites is 2. The maximum absolute atomic E-state index is 12.3. The first-order valence-electron chi connectivity index (χ1n) is 8.70. The van der Waals surface area contributed by atoms with Crippen LogP contribution in [0.25, 0.3) is 11.1 Å². The Morgan fingerprint density at radius 3 is 2.76 bits per heavy atom. The van der Waals surface area contributed by atoms with Crippen molar-refractivity contribution in [3.05, 3.63) is 64.6 Å². The van der Waals surface area contributed by atoms with Crippen molar-refractivity contribution in [2.45, 2.75) is 25.4 Å². The van der Waals surface area contributed by atoms with Gasteiger partial charge in [-0.05, 0) is 49.2 Å². The normalized spacial score (nSPS) is 18.5. The number of hydrogen-bond donors (Lipinski definition) is 0. The number of benzene rings is 2. The Kier molecular flexibility index (Phi) is 4.32. The highest BCUT2D eigenvalue weighted by Crippen LogP contribution is 2.26. The van der Waals surface area contributed by atoms with Crippen LogP contribution in [0.3, 0.4) is 0 Å². The van der Waals surface area contributed by atoms with Crippen LogP contribution in [0, 0.1) is 0 Å². The molecule has 4 rings (SSSR count). The van der Waals surface area contributed by atoms with E-state index in [0.717, 1.165) is 43.7 Å². The van der Waals surface area contributed by atoms with Gasteiger partial charge in [0.1, 0.15) is 5.75 Å². The van der Waals surface area contributed by atoms with Gasteiger partial charge >= 0.3 is 5.76 Å². The first-order chi connectivity index (χ1) is 12.2. The highest BCUT2D eigenvalue weighted by atomic mass is 16.5. The monoisotopic (exact) mass is 338 g/mol. The van der Waals surface area contributed by atoms with Crippen molar-refractivity contribution in [2.24, 2.45) is 0 Å². The lowest BCUT2D eigenvalue weighted by molar-refractivity contribution is 0.168. The second-order valence-corrected chi connectivity index (χ2v) is 6.58. The van der Waals surface area contributed by atoms with Gasteiger partial charge in [-0.15, -0.1) is 0 Å². The predicted octanol–water partition coefficient (Wildman–Crippen LogP) is 3.44. The number of aromatic nitrogens is 1. The Hall–Kier alpha value is -2.53. The fourth-order valence-electron chi connectivity index (χ4n) is 3.70. The minimum absolute atomic E-state index is 0.156. The molecule has 0 spiro atoms. The fraction of sp³-hybridized carbons (Fsp3) is 0.350. The van der Waals surface area contributed by atoms with E-state index in [2.05, 4.69) is 17.0 Å². The van der Waals surface area contributed by atoms with E-state index in [1.807, 2.05) is 41.0 Å². The summed E-state index contributed by atoms with van der Waals surface area (Å²) in [6.45, 7) is 2.79. The fourth-order valence-corrected chi connectivity index (χ4v) is 3.70. The molecule has 2 heterocycles. The zero-order valence-electron chi connectivity index (χ0n) is 14.4. The van der Waals surface area contributed by atoms with E-state index in [1.165, 1.54) is 5.56 Å². The van der Waals surface area contributed by atoms with Crippen LogP contribution in [0.5, 0.6) is 5.75 Å². The van der Waals surface area contributed by atoms with Crippen LogP contribution in [0.1, 0.15) is 24.4 Å². The van der Waals surface area contributed by atoms with Crippen LogP contribution >= 0.6 is 0 Å². The molecule has 0 amide bonds. The summed E-state index contributed by atoms with van der Waals surface area (Å²) in [5.41, 5.74) is 2.81. The number of rotatable bonds is 4. The quantitative estimate of drug-likeness (QED) is 0.731. The van der Waals surface area contributed by atoms with Gasteiger partial charge in [-0.2, -0.15) is 0 Å². The molecule has 25 heavy (non-hydrogen) atoms. The Balaban J connectivity index is 1.54. The number of piperidine rings is 1. The van der Waals surface area contributed by atoms with Gasteiger partial charge in [-0.1, -0.05) is 24.3 Å². The third-order valence-electron chi connectivity index (χ3n) is 4.93. The van der Waals surface area contributed by atoms with Crippen molar-refractivity contribution in [1.29, 1.82) is 0 Å². The maximum Gasteiger partial charge on any atom is 0.420 e. The minimum Gasteiger partial charge on any atom is -0.497 e. The topological polar surface area (TPSA) is 47.6 Å². The number of nitrogens with zero attached hydrogens (tertiary/aromatic N) is 2. The minimum atomic E-state index is -0.252. The van der Waals surface area contributed by atoms with E-state index in [1.54, 1.807) is 7.11 Å². The summed E-state index contributed by atoms with van der Waals surface area (Å²) < 4.78 is 12.5. The summed E-state index contributed by atoms with van der Waals surface area (Å²) in [4.78, 5) is 14.7. The Labute approximate surface area is 146 Å². The van der Waals surface area contributed by atoms with Crippen LogP contribution in [-0.2, 0) is 6.54 Å². The standard InChI is InChI=1S/C20H22N2O3/c1-24-17-10-8-15(9-11-17)13-21-12-4-5-16(14-21)22-18-6-2-3-7-19(18)25-20(22)23/h2-3,6-11,16H,4-5,12-14H2,1H3/t16-/m0/s1. The van der Waals surface area contributed by atoms with Crippen LogP contribution in [0.2, 0.25) is 0 Å². The highest BCUT2D eigenvalue weighted by Gasteiger charge is 2.25. The van der Waals surface area contributed by atoms with Gasteiger partial charge in [0.25, 0.3) is 0 Å². The van der Waals surface area contributed by atoms with E-state index >= 15 is 0 Å². The molecule has 0 aliphatic carbocycles. The van der Waals surface area contributed by atoms with Gasteiger partial charge in [0, 0.05) is 13.1 Å². The van der Waals surface area contributed by atoms with Crippen LogP contribution < -0.4 is 10.5 Å². The average Bonchev–Trinajstić information content (AvgIpc) is 2.98. The van der Waals surface area contributed by atoms with Crippen LogP contribution in [0.4, 0.5) is 0 Å². The van der Waals surface area contributed by atoms with Crippen molar-refractivity contribution in [3.63, 3.8) is 0 Å². The molecule has 0 unspecified atom stereocenters. The first kappa shape index (κ1) is 16.0. The summed E-state index contributed by atoms with van der Waals surface area (Å²) in [5.74, 6) is 0.620. The molecule has 0 radical (unpaired) electrons. The molecule has 1 fully saturated rings. The molecule has 3 aromatic rings. The molecule has 5 heteroatoms. The van der Waals surface area contributed by atoms with Crippen molar-refractivity contribution in [2.75, 3.05) is 20.2 Å². The summed E-state index contributed by atoms with van der Waals surface area (Å²) >= 11 is 0. The zero-order valence-corrected chi connectivity index (χ0v) is 14.4. The number of likely N-dealkylation sites (tertiary alicyclic amines) is 1. The largest absolute Gasteiger partial charge is 0.497 e. The van der Waals surface area contributed by atoms with Gasteiger partial charge in [-0.3, -0.25) is 9.47 Å². The van der Waals surface area contributed by atoms with Crippen LogP contribution in [-0.4, -0.2) is 29.7 Å². The number of ether oxygens (including phenoxy) is 1. The van der Waals surface area contributed by atoms with Gasteiger partial charge in [0.2, 0.25) is 0 Å². The molecule has 1 aromatic heterocycles. The number of fused-ring (bicyclic) bond motifs is 1. The summed E-state index contributed by atoms with van der Waals surface area (Å²) in [7, 11) is 1.68. The second kappa shape index (κ2) is 6.76. The zero-order chi connectivity index (χ0) is 17.2. The predicted molar refractivity (Wildman–Crippen MR) is 97.0 cm³/mol. The SMILES string of the molecule is COc1ccc(CN2CCC[C@H](n3c(=O)oc4ccccc43)C2)cc1. The molecule has 0 bridgehead atoms. The number of oxazole rings is 1. The lowest BCUT2D eigenvalue weighted by Crippen LogP contribution is -2.38. The smallest absolute Gasteiger partial charge is 0.420 e. The van der Waals surface area contributed by atoms with Crippen molar-refractivity contribution >= 4 is 11.1 Å².